The van der Waals surface area contributed by atoms with Gasteiger partial charge in [0.1, 0.15) is 0 Å². The van der Waals surface area contributed by atoms with E-state index in [1.807, 2.05) is 0 Å². The van der Waals surface area contributed by atoms with Gasteiger partial charge in [-0.3, -0.25) is 23.3 Å². The Hall–Kier alpha value is 0.415. The third kappa shape index (κ3) is 5.16. The van der Waals surface area contributed by atoms with E-state index in [9.17, 15) is 0 Å². The molecule has 78 valence electrons. The van der Waals surface area contributed by atoms with Crippen molar-refractivity contribution in [3.8, 4) is 0 Å². The van der Waals surface area contributed by atoms with E-state index in [0.29, 0.717) is 0 Å². The minimum absolute atomic E-state index is 0. The van der Waals surface area contributed by atoms with Crippen LogP contribution in [-0.4, -0.2) is 0 Å². The molecule has 0 saturated heterocycles. The molecule has 1 aromatic carbocycles. The van der Waals surface area contributed by atoms with Crippen LogP contribution >= 0.6 is 0 Å². The molecule has 0 aliphatic carbocycles. The second-order valence-corrected chi connectivity index (χ2v) is 5.91. The largest absolute Gasteiger partial charge is 1.00 e. The van der Waals surface area contributed by atoms with Crippen LogP contribution in [0.15, 0.2) is 12.1 Å². The Kier molecular flexibility index (Phi) is 7.48. The van der Waals surface area contributed by atoms with Gasteiger partial charge in [0.15, 0.2) is 0 Å². The molecule has 0 spiro atoms. The van der Waals surface area contributed by atoms with Gasteiger partial charge in [-0.1, -0.05) is 47.0 Å². The van der Waals surface area contributed by atoms with Crippen molar-refractivity contribution in [1.82, 2.24) is 0 Å². The summed E-state index contributed by atoms with van der Waals surface area (Å²) in [7, 11) is 0. The van der Waals surface area contributed by atoms with E-state index >= 15 is 0 Å². The first-order valence-electron chi connectivity index (χ1n) is 5.15. The van der Waals surface area contributed by atoms with Crippen molar-refractivity contribution in [1.29, 1.82) is 0 Å². The van der Waals surface area contributed by atoms with Gasteiger partial charge in [0, 0.05) is 0 Å². The van der Waals surface area contributed by atoms with Gasteiger partial charge in [0.2, 0.25) is 0 Å². The minimum atomic E-state index is 0. The molecule has 1 aromatic rings. The van der Waals surface area contributed by atoms with Crippen LogP contribution in [-0.2, 0) is 10.8 Å². The van der Waals surface area contributed by atoms with Crippen LogP contribution in [0.2, 0.25) is 0 Å². The molecule has 0 nitrogen and oxygen atoms in total. The zero-order valence-electron chi connectivity index (χ0n) is 12.2. The summed E-state index contributed by atoms with van der Waals surface area (Å²) in [6.07, 6.45) is 0. The molecule has 16 heavy (non-hydrogen) atoms. The summed E-state index contributed by atoms with van der Waals surface area (Å²) in [4.78, 5) is 0. The van der Waals surface area contributed by atoms with Crippen LogP contribution in [0, 0.1) is 12.1 Å². The number of hydrogen-bond acceptors (Lipinski definition) is 0. The molecule has 0 saturated carbocycles. The van der Waals surface area contributed by atoms with Crippen LogP contribution in [0.5, 0.6) is 0 Å². The molecule has 0 aliphatic rings. The second kappa shape index (κ2) is 6.38. The predicted molar refractivity (Wildman–Crippen MR) is 61.5 cm³/mol. The molecule has 0 amide bonds. The second-order valence-electron chi connectivity index (χ2n) is 5.91. The zero-order chi connectivity index (χ0) is 11.0. The third-order valence-electron chi connectivity index (χ3n) is 2.36. The molecule has 1 rings (SSSR count). The summed E-state index contributed by atoms with van der Waals surface area (Å²) in [5.41, 5.74) is 2.80. The molecule has 0 heterocycles. The van der Waals surface area contributed by atoms with E-state index in [4.69, 9.17) is 0 Å². The normalized spacial score (nSPS) is 11.4. The topological polar surface area (TPSA) is 0 Å². The summed E-state index contributed by atoms with van der Waals surface area (Å²) in [5.74, 6) is 0. The maximum atomic E-state index is 3.33. The molecule has 0 N–H and O–H groups in total. The Balaban J connectivity index is 0. The quantitative estimate of drug-likeness (QED) is 0.334. The summed E-state index contributed by atoms with van der Waals surface area (Å²) in [5, 5.41) is 0. The van der Waals surface area contributed by atoms with Crippen molar-refractivity contribution in [2.24, 2.45) is 0 Å². The van der Waals surface area contributed by atoms with E-state index in [2.05, 4.69) is 65.8 Å². The molecule has 0 atom stereocenters. The van der Waals surface area contributed by atoms with Crippen molar-refractivity contribution in [3.63, 3.8) is 0 Å². The summed E-state index contributed by atoms with van der Waals surface area (Å²) < 4.78 is 0. The Morgan fingerprint density at radius 2 is 1.12 bits per heavy atom. The van der Waals surface area contributed by atoms with Crippen LogP contribution < -0.4 is 37.7 Å². The van der Waals surface area contributed by atoms with Gasteiger partial charge in [-0.2, -0.15) is 0 Å². The van der Waals surface area contributed by atoms with Gasteiger partial charge < -0.3 is 12.1 Å². The smallest absolute Gasteiger partial charge is 0.355 e. The van der Waals surface area contributed by atoms with Crippen molar-refractivity contribution in [2.45, 2.75) is 52.4 Å². The monoisotopic (exact) mass is 202 g/mol. The molecule has 0 aromatic heterocycles. The van der Waals surface area contributed by atoms with Crippen LogP contribution in [0.25, 0.3) is 0 Å². The van der Waals surface area contributed by atoms with Gasteiger partial charge >= 0.3 is 37.7 Å². The molecule has 0 fully saturated rings. The average Bonchev–Trinajstić information content (AvgIpc) is 2.01. The molecule has 0 radical (unpaired) electrons. The molecule has 0 bridgehead atoms. The van der Waals surface area contributed by atoms with Gasteiger partial charge in [-0.15, -0.1) is 5.41 Å². The van der Waals surface area contributed by atoms with Gasteiger partial charge in [0.05, 0.1) is 0 Å². The van der Waals surface area contributed by atoms with Gasteiger partial charge in [-0.25, -0.2) is 0 Å². The molecule has 2 heteroatoms. The fraction of sp³-hybridized carbons (Fsp3) is 0.571. The minimum Gasteiger partial charge on any atom is -0.355 e. The Labute approximate surface area is 125 Å². The van der Waals surface area contributed by atoms with E-state index in [1.54, 1.807) is 0 Å². The predicted octanol–water partition coefficient (Wildman–Crippen LogP) is -2.11. The Bertz CT molecular complexity index is 266. The first-order chi connectivity index (χ1) is 6.21. The van der Waals surface area contributed by atoms with Crippen molar-refractivity contribution in [3.05, 3.63) is 35.4 Å². The van der Waals surface area contributed by atoms with E-state index in [1.165, 1.54) is 5.56 Å². The fourth-order valence-electron chi connectivity index (χ4n) is 1.25. The van der Waals surface area contributed by atoms with Crippen molar-refractivity contribution >= 4 is 0 Å². The van der Waals surface area contributed by atoms with E-state index < -0.39 is 0 Å². The fourth-order valence-corrected chi connectivity index (χ4v) is 1.25. The van der Waals surface area contributed by atoms with E-state index in [0.717, 1.165) is 5.56 Å². The maximum absolute atomic E-state index is 3.33. The zero-order valence-corrected chi connectivity index (χ0v) is 12.2. The number of rotatable bonds is 0. The first-order valence-corrected chi connectivity index (χ1v) is 5.15. The summed E-state index contributed by atoms with van der Waals surface area (Å²) >= 11 is 0. The SMILES string of the molecule is CC(C)(C)c1[c-]cc(C(C)(C)C)c[c-]1.[Li+].[Li+]. The Morgan fingerprint density at radius 3 is 1.38 bits per heavy atom. The molecular weight excluding hydrogens is 182 g/mol. The summed E-state index contributed by atoms with van der Waals surface area (Å²) in [6.45, 7) is 13.2. The first kappa shape index (κ1) is 18.8. The average molecular weight is 202 g/mol. The van der Waals surface area contributed by atoms with Crippen LogP contribution in [0.3, 0.4) is 0 Å². The molecule has 0 unspecified atom stereocenters. The number of hydrogen-bond donors (Lipinski definition) is 0. The van der Waals surface area contributed by atoms with Gasteiger partial charge in [-0.05, 0) is 0 Å². The van der Waals surface area contributed by atoms with Gasteiger partial charge in [0.25, 0.3) is 0 Å². The van der Waals surface area contributed by atoms with Crippen LogP contribution in [0.1, 0.15) is 52.7 Å². The van der Waals surface area contributed by atoms with E-state index in [-0.39, 0.29) is 48.6 Å². The maximum Gasteiger partial charge on any atom is 1.00 e. The standard InChI is InChI=1S/C14H20.2Li/c1-13(2,3)11-7-9-12(10-8-11)14(4,5)6;;/h7-8H,1-6H3;;/q-2;2*+1. The summed E-state index contributed by atoms with van der Waals surface area (Å²) in [6, 6.07) is 10.8. The van der Waals surface area contributed by atoms with Crippen molar-refractivity contribution < 1.29 is 37.7 Å². The van der Waals surface area contributed by atoms with Crippen molar-refractivity contribution in [2.75, 3.05) is 0 Å². The molecule has 0 aliphatic heterocycles. The van der Waals surface area contributed by atoms with Crippen LogP contribution in [0.4, 0.5) is 0 Å². The third-order valence-corrected chi connectivity index (χ3v) is 2.36. The Morgan fingerprint density at radius 1 is 0.750 bits per heavy atom. The molecular formula is C14H20Li2. The number of benzene rings is 1.